The van der Waals surface area contributed by atoms with Crippen LogP contribution in [-0.4, -0.2) is 5.71 Å². The quantitative estimate of drug-likeness (QED) is 0.477. The molecule has 0 unspecified atom stereocenters. The smallest absolute Gasteiger partial charge is 0.0648 e. The monoisotopic (exact) mass is 242 g/mol. The second kappa shape index (κ2) is 5.55. The Bertz CT molecular complexity index is 504. The Morgan fingerprint density at radius 1 is 1.00 bits per heavy atom. The Labute approximate surface area is 107 Å². The molecule has 0 fully saturated rings. The van der Waals surface area contributed by atoms with E-state index in [-0.39, 0.29) is 0 Å². The van der Waals surface area contributed by atoms with E-state index in [4.69, 9.17) is 0 Å². The molecule has 0 saturated heterocycles. The molecule has 17 heavy (non-hydrogen) atoms. The van der Waals surface area contributed by atoms with E-state index in [0.717, 1.165) is 21.9 Å². The van der Waals surface area contributed by atoms with Crippen LogP contribution in [0.4, 0.5) is 5.69 Å². The molecule has 2 aromatic carbocycles. The van der Waals surface area contributed by atoms with Gasteiger partial charge in [0.15, 0.2) is 0 Å². The van der Waals surface area contributed by atoms with Crippen LogP contribution in [0.5, 0.6) is 0 Å². The highest BCUT2D eigenvalue weighted by atomic mass is 32.1. The first kappa shape index (κ1) is 11.7. The highest BCUT2D eigenvalue weighted by Gasteiger charge is 1.95. The zero-order valence-corrected chi connectivity index (χ0v) is 10.5. The van der Waals surface area contributed by atoms with Crippen molar-refractivity contribution in [3.05, 3.63) is 60.2 Å². The van der Waals surface area contributed by atoms with Crippen LogP contribution < -0.4 is 5.43 Å². The van der Waals surface area contributed by atoms with Crippen molar-refractivity contribution >= 4 is 24.0 Å². The molecule has 0 bridgehead atoms. The molecule has 0 atom stereocenters. The average Bonchev–Trinajstić information content (AvgIpc) is 2.39. The van der Waals surface area contributed by atoms with E-state index in [1.807, 2.05) is 61.5 Å². The van der Waals surface area contributed by atoms with Gasteiger partial charge in [0, 0.05) is 4.90 Å². The van der Waals surface area contributed by atoms with Crippen LogP contribution >= 0.6 is 12.6 Å². The topological polar surface area (TPSA) is 24.4 Å². The van der Waals surface area contributed by atoms with Crippen molar-refractivity contribution in [2.75, 3.05) is 5.43 Å². The summed E-state index contributed by atoms with van der Waals surface area (Å²) in [6.07, 6.45) is 0. The number of hydrazone groups is 1. The number of hydrogen-bond acceptors (Lipinski definition) is 3. The van der Waals surface area contributed by atoms with Crippen LogP contribution in [0.25, 0.3) is 0 Å². The SMILES string of the molecule is C/C(=N\Nc1ccc(S)cc1)c1ccccc1. The van der Waals surface area contributed by atoms with Crippen LogP contribution in [0, 0.1) is 0 Å². The molecule has 86 valence electrons. The summed E-state index contributed by atoms with van der Waals surface area (Å²) >= 11 is 4.23. The Balaban J connectivity index is 2.08. The third-order valence-electron chi connectivity index (χ3n) is 2.41. The van der Waals surface area contributed by atoms with Crippen molar-refractivity contribution in [3.8, 4) is 0 Å². The van der Waals surface area contributed by atoms with Gasteiger partial charge in [-0.2, -0.15) is 5.10 Å². The van der Waals surface area contributed by atoms with Crippen LogP contribution in [0.2, 0.25) is 0 Å². The summed E-state index contributed by atoms with van der Waals surface area (Å²) in [4.78, 5) is 0.944. The van der Waals surface area contributed by atoms with Crippen LogP contribution in [0.3, 0.4) is 0 Å². The Kier molecular flexibility index (Phi) is 3.83. The van der Waals surface area contributed by atoms with Crippen molar-refractivity contribution in [1.29, 1.82) is 0 Å². The number of thiol groups is 1. The third kappa shape index (κ3) is 3.36. The van der Waals surface area contributed by atoms with Gasteiger partial charge in [-0.15, -0.1) is 12.6 Å². The number of rotatable bonds is 3. The molecule has 0 radical (unpaired) electrons. The molecule has 1 N–H and O–H groups in total. The molecule has 0 heterocycles. The highest BCUT2D eigenvalue weighted by Crippen LogP contribution is 2.12. The van der Waals surface area contributed by atoms with E-state index in [0.29, 0.717) is 0 Å². The highest BCUT2D eigenvalue weighted by molar-refractivity contribution is 7.80. The molecule has 2 rings (SSSR count). The first-order valence-electron chi connectivity index (χ1n) is 5.40. The van der Waals surface area contributed by atoms with Crippen molar-refractivity contribution in [1.82, 2.24) is 0 Å². The zero-order chi connectivity index (χ0) is 12.1. The van der Waals surface area contributed by atoms with Crippen molar-refractivity contribution < 1.29 is 0 Å². The first-order valence-corrected chi connectivity index (χ1v) is 5.85. The van der Waals surface area contributed by atoms with Crippen LogP contribution in [-0.2, 0) is 0 Å². The second-order valence-corrected chi connectivity index (χ2v) is 4.24. The maximum absolute atomic E-state index is 4.34. The summed E-state index contributed by atoms with van der Waals surface area (Å²) in [5.41, 5.74) is 6.06. The van der Waals surface area contributed by atoms with Crippen molar-refractivity contribution in [2.45, 2.75) is 11.8 Å². The third-order valence-corrected chi connectivity index (χ3v) is 2.71. The molecular formula is C14H14N2S. The lowest BCUT2D eigenvalue weighted by Gasteiger charge is -2.03. The van der Waals surface area contributed by atoms with E-state index >= 15 is 0 Å². The van der Waals surface area contributed by atoms with Gasteiger partial charge >= 0.3 is 0 Å². The molecule has 0 aromatic heterocycles. The van der Waals surface area contributed by atoms with Gasteiger partial charge in [-0.05, 0) is 36.8 Å². The summed E-state index contributed by atoms with van der Waals surface area (Å²) in [5.74, 6) is 0. The van der Waals surface area contributed by atoms with Crippen molar-refractivity contribution in [3.63, 3.8) is 0 Å². The van der Waals surface area contributed by atoms with Gasteiger partial charge in [-0.25, -0.2) is 0 Å². The van der Waals surface area contributed by atoms with Gasteiger partial charge in [0.25, 0.3) is 0 Å². The van der Waals surface area contributed by atoms with E-state index in [1.54, 1.807) is 0 Å². The Morgan fingerprint density at radius 2 is 1.65 bits per heavy atom. The van der Waals surface area contributed by atoms with Gasteiger partial charge in [-0.1, -0.05) is 30.3 Å². The summed E-state index contributed by atoms with van der Waals surface area (Å²) in [5, 5.41) is 4.34. The minimum absolute atomic E-state index is 0.944. The molecule has 3 heteroatoms. The van der Waals surface area contributed by atoms with Crippen LogP contribution in [0.1, 0.15) is 12.5 Å². The molecular weight excluding hydrogens is 228 g/mol. The molecule has 0 aliphatic carbocycles. The fourth-order valence-electron chi connectivity index (χ4n) is 1.43. The largest absolute Gasteiger partial charge is 0.278 e. The summed E-state index contributed by atoms with van der Waals surface area (Å²) in [6.45, 7) is 1.98. The standard InChI is InChI=1S/C14H14N2S/c1-11(12-5-3-2-4-6-12)15-16-13-7-9-14(17)10-8-13/h2-10,16-17H,1H3/b15-11+. The lowest BCUT2D eigenvalue weighted by Crippen LogP contribution is -1.99. The number of benzene rings is 2. The minimum Gasteiger partial charge on any atom is -0.278 e. The number of anilines is 1. The Morgan fingerprint density at radius 3 is 2.29 bits per heavy atom. The van der Waals surface area contributed by atoms with Gasteiger partial charge in [-0.3, -0.25) is 5.43 Å². The molecule has 0 aliphatic rings. The number of nitrogens with zero attached hydrogens (tertiary/aromatic N) is 1. The van der Waals surface area contributed by atoms with Gasteiger partial charge < -0.3 is 0 Å². The second-order valence-electron chi connectivity index (χ2n) is 3.72. The predicted molar refractivity (Wildman–Crippen MR) is 76.0 cm³/mol. The fraction of sp³-hybridized carbons (Fsp3) is 0.0714. The van der Waals surface area contributed by atoms with Gasteiger partial charge in [0.1, 0.15) is 0 Å². The summed E-state index contributed by atoms with van der Waals surface area (Å²) < 4.78 is 0. The zero-order valence-electron chi connectivity index (χ0n) is 9.59. The van der Waals surface area contributed by atoms with Crippen LogP contribution in [0.15, 0.2) is 64.6 Å². The normalized spacial score (nSPS) is 11.3. The molecule has 2 nitrogen and oxygen atoms in total. The lowest BCUT2D eigenvalue weighted by molar-refractivity contribution is 1.31. The lowest BCUT2D eigenvalue weighted by atomic mass is 10.1. The van der Waals surface area contributed by atoms with E-state index in [2.05, 4.69) is 23.2 Å². The average molecular weight is 242 g/mol. The maximum atomic E-state index is 4.34. The molecule has 2 aromatic rings. The minimum atomic E-state index is 0.944. The number of hydrogen-bond donors (Lipinski definition) is 2. The maximum Gasteiger partial charge on any atom is 0.0648 e. The van der Waals surface area contributed by atoms with E-state index in [1.165, 1.54) is 0 Å². The summed E-state index contributed by atoms with van der Waals surface area (Å²) in [7, 11) is 0. The van der Waals surface area contributed by atoms with E-state index in [9.17, 15) is 0 Å². The predicted octanol–water partition coefficient (Wildman–Crippen LogP) is 3.81. The number of nitrogens with one attached hydrogen (secondary N) is 1. The molecule has 0 amide bonds. The summed E-state index contributed by atoms with van der Waals surface area (Å²) in [6, 6.07) is 17.8. The van der Waals surface area contributed by atoms with Gasteiger partial charge in [0.05, 0.1) is 11.4 Å². The Hall–Kier alpha value is -1.74. The fourth-order valence-corrected chi connectivity index (χ4v) is 1.58. The van der Waals surface area contributed by atoms with Crippen molar-refractivity contribution in [2.24, 2.45) is 5.10 Å². The molecule has 0 saturated carbocycles. The molecule has 0 spiro atoms. The molecule has 0 aliphatic heterocycles. The van der Waals surface area contributed by atoms with E-state index < -0.39 is 0 Å². The van der Waals surface area contributed by atoms with Gasteiger partial charge in [0.2, 0.25) is 0 Å². The first-order chi connectivity index (χ1) is 8.25.